The van der Waals surface area contributed by atoms with Gasteiger partial charge in [0.05, 0.1) is 6.54 Å². The smallest absolute Gasteiger partial charge is 0.151 e. The van der Waals surface area contributed by atoms with E-state index in [9.17, 15) is 4.91 Å². The van der Waals surface area contributed by atoms with Crippen LogP contribution in [0.25, 0.3) is 25.1 Å². The third-order valence-corrected chi connectivity index (χ3v) is 6.49. The summed E-state index contributed by atoms with van der Waals surface area (Å²) >= 11 is 0. The number of hydrogen-bond acceptors (Lipinski definition) is 2. The van der Waals surface area contributed by atoms with E-state index in [0.717, 1.165) is 5.56 Å². The molecule has 0 bridgehead atoms. The van der Waals surface area contributed by atoms with Crippen LogP contribution in [0.15, 0.2) is 78.0 Å². The van der Waals surface area contributed by atoms with Crippen molar-refractivity contribution in [2.45, 2.75) is 6.42 Å². The fourth-order valence-corrected chi connectivity index (χ4v) is 5.45. The minimum atomic E-state index is -0.0397. The summed E-state index contributed by atoms with van der Waals surface area (Å²) in [7, 11) is -0.0397. The molecule has 112 valence electrons. The summed E-state index contributed by atoms with van der Waals surface area (Å²) in [5.74, 6) is 0. The van der Waals surface area contributed by atoms with E-state index in [2.05, 4.69) is 78.0 Å². The zero-order chi connectivity index (χ0) is 15.6. The third-order valence-electron chi connectivity index (χ3n) is 4.15. The molecule has 3 heteroatoms. The normalized spacial score (nSPS) is 11.1. The van der Waals surface area contributed by atoms with Gasteiger partial charge in [0.25, 0.3) is 0 Å². The van der Waals surface area contributed by atoms with Crippen LogP contribution < -0.4 is 0 Å². The lowest BCUT2D eigenvalue weighted by molar-refractivity contribution is 0.961. The van der Waals surface area contributed by atoms with Crippen LogP contribution in [-0.4, -0.2) is 6.54 Å². The van der Waals surface area contributed by atoms with Crippen molar-refractivity contribution in [3.8, 4) is 4.90 Å². The van der Waals surface area contributed by atoms with Crippen LogP contribution in [-0.2, 0) is 6.42 Å². The highest BCUT2D eigenvalue weighted by Crippen LogP contribution is 2.48. The van der Waals surface area contributed by atoms with Crippen molar-refractivity contribution in [1.82, 2.24) is 0 Å². The molecule has 0 aliphatic heterocycles. The summed E-state index contributed by atoms with van der Waals surface area (Å²) in [5.41, 5.74) is 1.16. The lowest BCUT2D eigenvalue weighted by atomic mass is 10.2. The number of benzene rings is 3. The van der Waals surface area contributed by atoms with Crippen LogP contribution in [0.3, 0.4) is 0 Å². The molecule has 0 aliphatic rings. The monoisotopic (exact) mass is 318 g/mol. The van der Waals surface area contributed by atoms with Gasteiger partial charge in [-0.3, -0.25) is 0 Å². The maximum absolute atomic E-state index is 10.3. The van der Waals surface area contributed by atoms with Gasteiger partial charge in [0, 0.05) is 21.2 Å². The second kappa shape index (κ2) is 5.94. The number of fused-ring (bicyclic) bond motifs is 3. The molecule has 0 radical (unpaired) electrons. The van der Waals surface area contributed by atoms with E-state index in [0.29, 0.717) is 13.0 Å². The predicted molar refractivity (Wildman–Crippen MR) is 99.6 cm³/mol. The molecular weight excluding hydrogens is 302 g/mol. The second-order valence-electron chi connectivity index (χ2n) is 5.55. The van der Waals surface area contributed by atoms with Crippen LogP contribution in [0.4, 0.5) is 0 Å². The van der Waals surface area contributed by atoms with Crippen molar-refractivity contribution in [1.29, 1.82) is 0 Å². The van der Waals surface area contributed by atoms with Gasteiger partial charge in [-0.15, -0.1) is 0 Å². The summed E-state index contributed by atoms with van der Waals surface area (Å²) in [5, 5.41) is 5.64. The Bertz CT molecular complexity index is 932. The van der Waals surface area contributed by atoms with Crippen LogP contribution in [0, 0.1) is 4.91 Å². The molecule has 1 heterocycles. The van der Waals surface area contributed by atoms with Gasteiger partial charge in [0.15, 0.2) is 14.3 Å². The molecule has 0 amide bonds. The minimum Gasteiger partial charge on any atom is -0.151 e. The first-order chi connectivity index (χ1) is 11.4. The van der Waals surface area contributed by atoms with E-state index >= 15 is 0 Å². The number of rotatable bonds is 4. The topological polar surface area (TPSA) is 29.4 Å². The van der Waals surface area contributed by atoms with Gasteiger partial charge in [-0.1, -0.05) is 41.6 Å². The Morgan fingerprint density at radius 2 is 1.30 bits per heavy atom. The van der Waals surface area contributed by atoms with Crippen LogP contribution in [0.2, 0.25) is 0 Å². The molecule has 0 N–H and O–H groups in total. The zero-order valence-corrected chi connectivity index (χ0v) is 13.4. The zero-order valence-electron chi connectivity index (χ0n) is 12.6. The lowest BCUT2D eigenvalue weighted by Gasteiger charge is -1.97. The Labute approximate surface area is 137 Å². The van der Waals surface area contributed by atoms with Gasteiger partial charge < -0.3 is 0 Å². The summed E-state index contributed by atoms with van der Waals surface area (Å²) in [6, 6.07) is 26.0. The van der Waals surface area contributed by atoms with Crippen molar-refractivity contribution in [3.05, 3.63) is 83.3 Å². The first-order valence-electron chi connectivity index (χ1n) is 7.69. The Balaban J connectivity index is 1.91. The molecule has 0 spiro atoms. The second-order valence-corrected chi connectivity index (χ2v) is 7.51. The van der Waals surface area contributed by atoms with Gasteiger partial charge >= 0.3 is 0 Å². The van der Waals surface area contributed by atoms with Gasteiger partial charge in [-0.2, -0.15) is 4.91 Å². The number of nitroso groups, excluding NO2 is 1. The number of nitrogens with zero attached hydrogens (tertiary/aromatic N) is 1. The Kier molecular flexibility index (Phi) is 3.64. The van der Waals surface area contributed by atoms with E-state index in [1.165, 1.54) is 25.1 Å². The summed E-state index contributed by atoms with van der Waals surface area (Å²) in [6.07, 6.45) is 0.713. The van der Waals surface area contributed by atoms with E-state index in [4.69, 9.17) is 0 Å². The van der Waals surface area contributed by atoms with E-state index in [-0.39, 0.29) is 10.5 Å². The standard InChI is InChI=1S/C20H16NOS/c22-21-14-13-15-9-11-16(12-10-15)23-19-7-3-1-5-17(19)18-6-2-4-8-20(18)23/h1-12H,13-14H2/q+1. The third kappa shape index (κ3) is 2.43. The van der Waals surface area contributed by atoms with Gasteiger partial charge in [-0.25, -0.2) is 0 Å². The van der Waals surface area contributed by atoms with Crippen LogP contribution >= 0.6 is 10.5 Å². The first-order valence-corrected chi connectivity index (χ1v) is 8.92. The molecule has 0 saturated carbocycles. The highest BCUT2D eigenvalue weighted by atomic mass is 32.2. The van der Waals surface area contributed by atoms with E-state index < -0.39 is 0 Å². The van der Waals surface area contributed by atoms with Crippen molar-refractivity contribution < 1.29 is 0 Å². The first kappa shape index (κ1) is 14.1. The molecule has 3 aromatic carbocycles. The summed E-state index contributed by atoms with van der Waals surface area (Å²) in [4.78, 5) is 11.6. The molecular formula is C20H16NOS+. The number of hydrogen-bond donors (Lipinski definition) is 0. The number of thiophene rings is 1. The predicted octanol–water partition coefficient (Wildman–Crippen LogP) is 6.04. The minimum absolute atomic E-state index is 0.0397. The average molecular weight is 318 g/mol. The maximum Gasteiger partial charge on any atom is 0.187 e. The highest BCUT2D eigenvalue weighted by molar-refractivity contribution is 7.50. The van der Waals surface area contributed by atoms with Gasteiger partial charge in [0.1, 0.15) is 0 Å². The van der Waals surface area contributed by atoms with Crippen molar-refractivity contribution >= 4 is 30.6 Å². The molecule has 4 aromatic rings. The van der Waals surface area contributed by atoms with Gasteiger partial charge in [0.2, 0.25) is 0 Å². The van der Waals surface area contributed by atoms with Crippen molar-refractivity contribution in [3.63, 3.8) is 0 Å². The SMILES string of the molecule is O=NCCc1ccc(-[s+]2c3ccccc3c3ccccc32)cc1. The molecule has 2 nitrogen and oxygen atoms in total. The van der Waals surface area contributed by atoms with E-state index in [1.807, 2.05) is 0 Å². The molecule has 1 aromatic heterocycles. The molecule has 0 aliphatic carbocycles. The Hall–Kier alpha value is -2.52. The summed E-state index contributed by atoms with van der Waals surface area (Å²) < 4.78 is 2.80. The fourth-order valence-electron chi connectivity index (χ4n) is 3.07. The summed E-state index contributed by atoms with van der Waals surface area (Å²) in [6.45, 7) is 0.344. The fraction of sp³-hybridized carbons (Fsp3) is 0.100. The molecule has 4 rings (SSSR count). The van der Waals surface area contributed by atoms with Crippen molar-refractivity contribution in [2.24, 2.45) is 5.18 Å². The van der Waals surface area contributed by atoms with Gasteiger partial charge in [-0.05, 0) is 48.4 Å². The molecule has 0 unspecified atom stereocenters. The average Bonchev–Trinajstić information content (AvgIpc) is 2.95. The molecule has 23 heavy (non-hydrogen) atoms. The van der Waals surface area contributed by atoms with Crippen LogP contribution in [0.5, 0.6) is 0 Å². The molecule has 0 saturated heterocycles. The quantitative estimate of drug-likeness (QED) is 0.333. The Morgan fingerprint density at radius 1 is 0.739 bits per heavy atom. The largest absolute Gasteiger partial charge is 0.187 e. The molecule has 0 fully saturated rings. The van der Waals surface area contributed by atoms with E-state index in [1.54, 1.807) is 0 Å². The van der Waals surface area contributed by atoms with Crippen LogP contribution in [0.1, 0.15) is 5.56 Å². The highest BCUT2D eigenvalue weighted by Gasteiger charge is 2.22. The Morgan fingerprint density at radius 3 is 1.87 bits per heavy atom. The maximum atomic E-state index is 10.3. The lowest BCUT2D eigenvalue weighted by Crippen LogP contribution is -1.87. The van der Waals surface area contributed by atoms with Crippen molar-refractivity contribution in [2.75, 3.05) is 6.54 Å². The molecule has 0 atom stereocenters.